The Kier molecular flexibility index (Phi) is 2.83. The summed E-state index contributed by atoms with van der Waals surface area (Å²) in [5, 5.41) is 5.03. The molecule has 1 aromatic heterocycles. The summed E-state index contributed by atoms with van der Waals surface area (Å²) in [5.74, 6) is 0. The number of nitrogens with zero attached hydrogens (tertiary/aromatic N) is 1. The molecule has 88 valence electrons. The average molecular weight is 249 g/mol. The summed E-state index contributed by atoms with van der Waals surface area (Å²) in [6.07, 6.45) is 3.33. The van der Waals surface area contributed by atoms with E-state index in [0.717, 1.165) is 11.1 Å². The van der Waals surface area contributed by atoms with Crippen LogP contribution in [0, 0.1) is 0 Å². The first-order valence-corrected chi connectivity index (χ1v) is 6.36. The van der Waals surface area contributed by atoms with Crippen LogP contribution in [-0.2, 0) is 10.0 Å². The normalized spacial score (nSPS) is 11.4. The fourth-order valence-corrected chi connectivity index (χ4v) is 2.17. The van der Waals surface area contributed by atoms with Gasteiger partial charge in [0.2, 0.25) is 10.0 Å². The van der Waals surface area contributed by atoms with Crippen LogP contribution < -0.4 is 10.9 Å². The van der Waals surface area contributed by atoms with Crippen molar-refractivity contribution in [2.75, 3.05) is 5.73 Å². The quantitative estimate of drug-likeness (QED) is 0.775. The Morgan fingerprint density at radius 1 is 1.12 bits per heavy atom. The molecular weight excluding hydrogens is 238 g/mol. The van der Waals surface area contributed by atoms with Gasteiger partial charge in [0.05, 0.1) is 5.69 Å². The monoisotopic (exact) mass is 249 g/mol. The molecule has 0 amide bonds. The molecule has 6 heteroatoms. The van der Waals surface area contributed by atoms with E-state index in [2.05, 4.69) is 4.98 Å². The largest absolute Gasteiger partial charge is 0.398 e. The highest BCUT2D eigenvalue weighted by Gasteiger charge is 2.12. The number of rotatable bonds is 2. The minimum Gasteiger partial charge on any atom is -0.398 e. The molecule has 0 radical (unpaired) electrons. The molecule has 5 nitrogen and oxygen atoms in total. The zero-order chi connectivity index (χ0) is 12.5. The van der Waals surface area contributed by atoms with Gasteiger partial charge >= 0.3 is 0 Å². The van der Waals surface area contributed by atoms with Gasteiger partial charge < -0.3 is 5.73 Å². The molecule has 0 spiro atoms. The minimum atomic E-state index is -3.77. The molecule has 0 bridgehead atoms. The molecule has 2 aromatic rings. The maximum Gasteiger partial charge on any atom is 0.240 e. The first-order chi connectivity index (χ1) is 7.98. The van der Waals surface area contributed by atoms with Gasteiger partial charge in [-0.2, -0.15) is 0 Å². The molecule has 4 N–H and O–H groups in total. The molecule has 17 heavy (non-hydrogen) atoms. The summed E-state index contributed by atoms with van der Waals surface area (Å²) in [7, 11) is -3.77. The number of anilines is 1. The van der Waals surface area contributed by atoms with Gasteiger partial charge in [-0.05, 0) is 23.8 Å². The summed E-state index contributed by atoms with van der Waals surface area (Å²) < 4.78 is 22.4. The van der Waals surface area contributed by atoms with Crippen LogP contribution in [0.2, 0.25) is 0 Å². The van der Waals surface area contributed by atoms with Crippen LogP contribution in [0.4, 0.5) is 5.69 Å². The van der Waals surface area contributed by atoms with Crippen molar-refractivity contribution in [3.8, 4) is 11.1 Å². The first kappa shape index (κ1) is 11.6. The van der Waals surface area contributed by atoms with Crippen LogP contribution in [0.1, 0.15) is 0 Å². The number of benzene rings is 1. The Bertz CT molecular complexity index is 639. The second-order valence-electron chi connectivity index (χ2n) is 3.54. The van der Waals surface area contributed by atoms with Crippen molar-refractivity contribution in [1.29, 1.82) is 0 Å². The van der Waals surface area contributed by atoms with Gasteiger partial charge in [0.15, 0.2) is 0 Å². The summed E-state index contributed by atoms with van der Waals surface area (Å²) >= 11 is 0. The van der Waals surface area contributed by atoms with Crippen molar-refractivity contribution in [2.45, 2.75) is 4.90 Å². The lowest BCUT2D eigenvalue weighted by Gasteiger charge is -2.06. The maximum atomic E-state index is 11.2. The van der Waals surface area contributed by atoms with Crippen molar-refractivity contribution < 1.29 is 8.42 Å². The number of hydrogen-bond donors (Lipinski definition) is 2. The number of sulfonamides is 1. The van der Waals surface area contributed by atoms with E-state index >= 15 is 0 Å². The molecule has 0 unspecified atom stereocenters. The SMILES string of the molecule is Nc1cc(-c2cccnc2)ccc1S(N)(=O)=O. The number of nitrogen functional groups attached to an aromatic ring is 1. The standard InChI is InChI=1S/C11H11N3O2S/c12-10-6-8(9-2-1-5-14-7-9)3-4-11(10)17(13,15)16/h1-7H,12H2,(H2,13,15,16). The Labute approximate surface area is 99.1 Å². The molecule has 0 aliphatic rings. The van der Waals surface area contributed by atoms with Crippen LogP contribution in [0.25, 0.3) is 11.1 Å². The van der Waals surface area contributed by atoms with E-state index in [9.17, 15) is 8.42 Å². The van der Waals surface area contributed by atoms with E-state index < -0.39 is 10.0 Å². The zero-order valence-electron chi connectivity index (χ0n) is 8.87. The minimum absolute atomic E-state index is 0.0647. The zero-order valence-corrected chi connectivity index (χ0v) is 9.68. The molecule has 0 aliphatic heterocycles. The first-order valence-electron chi connectivity index (χ1n) is 4.81. The highest BCUT2D eigenvalue weighted by Crippen LogP contribution is 2.25. The van der Waals surface area contributed by atoms with Gasteiger partial charge in [-0.25, -0.2) is 13.6 Å². The lowest BCUT2D eigenvalue weighted by Crippen LogP contribution is -2.14. The summed E-state index contributed by atoms with van der Waals surface area (Å²) in [4.78, 5) is 3.91. The molecule has 1 aromatic carbocycles. The molecule has 0 aliphatic carbocycles. The van der Waals surface area contributed by atoms with Crippen molar-refractivity contribution in [1.82, 2.24) is 4.98 Å². The van der Waals surface area contributed by atoms with Crippen LogP contribution in [0.15, 0.2) is 47.6 Å². The molecule has 0 saturated heterocycles. The fraction of sp³-hybridized carbons (Fsp3) is 0. The van der Waals surface area contributed by atoms with Gasteiger partial charge in [0.1, 0.15) is 4.90 Å². The molecule has 1 heterocycles. The van der Waals surface area contributed by atoms with Gasteiger partial charge in [0.25, 0.3) is 0 Å². The Morgan fingerprint density at radius 2 is 1.88 bits per heavy atom. The van der Waals surface area contributed by atoms with E-state index in [-0.39, 0.29) is 10.6 Å². The lowest BCUT2D eigenvalue weighted by atomic mass is 10.1. The van der Waals surface area contributed by atoms with Gasteiger partial charge in [0, 0.05) is 18.0 Å². The smallest absolute Gasteiger partial charge is 0.240 e. The van der Waals surface area contributed by atoms with Gasteiger partial charge in [-0.1, -0.05) is 12.1 Å². The summed E-state index contributed by atoms with van der Waals surface area (Å²) in [5.41, 5.74) is 7.45. The maximum absolute atomic E-state index is 11.2. The predicted octanol–water partition coefficient (Wildman–Crippen LogP) is 0.978. The molecular formula is C11H11N3O2S. The van der Waals surface area contributed by atoms with Gasteiger partial charge in [-0.3, -0.25) is 4.98 Å². The van der Waals surface area contributed by atoms with E-state index in [1.165, 1.54) is 6.07 Å². The molecule has 0 atom stereocenters. The van der Waals surface area contributed by atoms with Crippen LogP contribution in [0.3, 0.4) is 0 Å². The molecule has 0 saturated carbocycles. The summed E-state index contributed by atoms with van der Waals surface area (Å²) in [6.45, 7) is 0. The topological polar surface area (TPSA) is 99.1 Å². The van der Waals surface area contributed by atoms with E-state index in [1.807, 2.05) is 6.07 Å². The highest BCUT2D eigenvalue weighted by molar-refractivity contribution is 7.89. The van der Waals surface area contributed by atoms with E-state index in [4.69, 9.17) is 10.9 Å². The van der Waals surface area contributed by atoms with E-state index in [1.54, 1.807) is 30.6 Å². The number of hydrogen-bond acceptors (Lipinski definition) is 4. The Hall–Kier alpha value is -1.92. The fourth-order valence-electron chi connectivity index (χ4n) is 1.52. The molecule has 0 fully saturated rings. The average Bonchev–Trinajstić information content (AvgIpc) is 2.28. The lowest BCUT2D eigenvalue weighted by molar-refractivity contribution is 0.598. The van der Waals surface area contributed by atoms with Crippen molar-refractivity contribution in [2.24, 2.45) is 5.14 Å². The number of pyridine rings is 1. The highest BCUT2D eigenvalue weighted by atomic mass is 32.2. The van der Waals surface area contributed by atoms with Crippen LogP contribution in [-0.4, -0.2) is 13.4 Å². The second kappa shape index (κ2) is 4.15. The third-order valence-corrected chi connectivity index (χ3v) is 3.30. The van der Waals surface area contributed by atoms with Crippen molar-refractivity contribution >= 4 is 15.7 Å². The number of nitrogens with two attached hydrogens (primary N) is 2. The van der Waals surface area contributed by atoms with Gasteiger partial charge in [-0.15, -0.1) is 0 Å². The summed E-state index contributed by atoms with van der Waals surface area (Å²) in [6, 6.07) is 8.26. The molecule has 2 rings (SSSR count). The Morgan fingerprint density at radius 3 is 2.41 bits per heavy atom. The van der Waals surface area contributed by atoms with E-state index in [0.29, 0.717) is 0 Å². The Balaban J connectivity index is 2.53. The number of primary sulfonamides is 1. The van der Waals surface area contributed by atoms with Crippen molar-refractivity contribution in [3.63, 3.8) is 0 Å². The predicted molar refractivity (Wildman–Crippen MR) is 65.5 cm³/mol. The third-order valence-electron chi connectivity index (χ3n) is 2.31. The van der Waals surface area contributed by atoms with Crippen molar-refractivity contribution in [3.05, 3.63) is 42.7 Å². The second-order valence-corrected chi connectivity index (χ2v) is 5.07. The van der Waals surface area contributed by atoms with Crippen LogP contribution >= 0.6 is 0 Å². The van der Waals surface area contributed by atoms with Crippen LogP contribution in [0.5, 0.6) is 0 Å². The third kappa shape index (κ3) is 2.43. The number of aromatic nitrogens is 1.